The molecular weight excluding hydrogens is 325 g/mol. The highest BCUT2D eigenvalue weighted by molar-refractivity contribution is 6.10. The van der Waals surface area contributed by atoms with Crippen LogP contribution < -0.4 is 9.64 Å². The van der Waals surface area contributed by atoms with Crippen LogP contribution in [0.15, 0.2) is 42.5 Å². The molecule has 0 atom stereocenters. The number of hydrogen-bond donors (Lipinski definition) is 1. The van der Waals surface area contributed by atoms with Crippen LogP contribution in [0.1, 0.15) is 33.6 Å². The first-order valence-corrected chi connectivity index (χ1v) is 7.99. The number of carboxylic acid groups (broad SMARTS) is 1. The van der Waals surface area contributed by atoms with Gasteiger partial charge in [0.25, 0.3) is 5.91 Å². The van der Waals surface area contributed by atoms with Gasteiger partial charge in [-0.25, -0.2) is 9.18 Å². The van der Waals surface area contributed by atoms with E-state index in [-0.39, 0.29) is 16.9 Å². The Morgan fingerprint density at radius 2 is 1.88 bits per heavy atom. The van der Waals surface area contributed by atoms with Crippen molar-refractivity contribution in [2.45, 2.75) is 12.8 Å². The zero-order chi connectivity index (χ0) is 18.0. The maximum Gasteiger partial charge on any atom is 0.339 e. The van der Waals surface area contributed by atoms with Crippen LogP contribution in [0.5, 0.6) is 5.75 Å². The Labute approximate surface area is 144 Å². The van der Waals surface area contributed by atoms with Gasteiger partial charge in [-0.1, -0.05) is 12.1 Å². The lowest BCUT2D eigenvalue weighted by molar-refractivity contribution is 0.0693. The molecule has 2 aromatic carbocycles. The van der Waals surface area contributed by atoms with Gasteiger partial charge in [0, 0.05) is 12.2 Å². The molecule has 0 heterocycles. The standard InChI is InChI=1S/C19H18FNO4/c1-25-17-15(6-3-7-16(17)19(23)24)18(22)21(11-12-8-9-12)14-5-2-4-13(20)10-14/h2-7,10,12H,8-9,11H2,1H3,(H,23,24). The van der Waals surface area contributed by atoms with Crippen molar-refractivity contribution in [3.63, 3.8) is 0 Å². The number of ether oxygens (including phenoxy) is 1. The predicted molar refractivity (Wildman–Crippen MR) is 90.8 cm³/mol. The topological polar surface area (TPSA) is 66.8 Å². The third kappa shape index (κ3) is 3.63. The molecule has 1 fully saturated rings. The average Bonchev–Trinajstić information content (AvgIpc) is 3.42. The number of carboxylic acids is 1. The van der Waals surface area contributed by atoms with E-state index in [4.69, 9.17) is 4.74 Å². The van der Waals surface area contributed by atoms with E-state index in [1.807, 2.05) is 0 Å². The monoisotopic (exact) mass is 343 g/mol. The van der Waals surface area contributed by atoms with Crippen LogP contribution in [0.3, 0.4) is 0 Å². The third-order valence-electron chi connectivity index (χ3n) is 4.18. The zero-order valence-electron chi connectivity index (χ0n) is 13.7. The van der Waals surface area contributed by atoms with Crippen LogP contribution in [0.2, 0.25) is 0 Å². The van der Waals surface area contributed by atoms with E-state index in [9.17, 15) is 19.1 Å². The molecule has 0 bridgehead atoms. The summed E-state index contributed by atoms with van der Waals surface area (Å²) in [5.74, 6) is -1.63. The van der Waals surface area contributed by atoms with Gasteiger partial charge in [0.15, 0.2) is 0 Å². The Bertz CT molecular complexity index is 817. The van der Waals surface area contributed by atoms with E-state index >= 15 is 0 Å². The Hall–Kier alpha value is -2.89. The molecule has 130 valence electrons. The second-order valence-electron chi connectivity index (χ2n) is 6.03. The van der Waals surface area contributed by atoms with Crippen molar-refractivity contribution in [1.29, 1.82) is 0 Å². The fourth-order valence-corrected chi connectivity index (χ4v) is 2.75. The summed E-state index contributed by atoms with van der Waals surface area (Å²) >= 11 is 0. The highest BCUT2D eigenvalue weighted by Crippen LogP contribution is 2.34. The summed E-state index contributed by atoms with van der Waals surface area (Å²) in [4.78, 5) is 26.0. The molecule has 0 unspecified atom stereocenters. The Morgan fingerprint density at radius 3 is 2.48 bits per heavy atom. The first-order chi connectivity index (χ1) is 12.0. The highest BCUT2D eigenvalue weighted by atomic mass is 19.1. The van der Waals surface area contributed by atoms with Crippen molar-refractivity contribution in [1.82, 2.24) is 0 Å². The summed E-state index contributed by atoms with van der Waals surface area (Å²) in [6.45, 7) is 0.461. The molecule has 1 saturated carbocycles. The summed E-state index contributed by atoms with van der Waals surface area (Å²) in [7, 11) is 1.33. The molecule has 0 radical (unpaired) electrons. The first kappa shape index (κ1) is 17.0. The molecule has 5 nitrogen and oxygen atoms in total. The molecule has 2 aromatic rings. The van der Waals surface area contributed by atoms with Crippen molar-refractivity contribution in [2.24, 2.45) is 5.92 Å². The number of carbonyl (C=O) groups excluding carboxylic acids is 1. The Kier molecular flexibility index (Phi) is 4.70. The molecule has 0 spiro atoms. The number of hydrogen-bond acceptors (Lipinski definition) is 3. The van der Waals surface area contributed by atoms with E-state index in [0.717, 1.165) is 12.8 Å². The molecule has 1 N–H and O–H groups in total. The molecule has 0 aliphatic heterocycles. The van der Waals surface area contributed by atoms with Gasteiger partial charge >= 0.3 is 5.97 Å². The van der Waals surface area contributed by atoms with Crippen molar-refractivity contribution in [2.75, 3.05) is 18.6 Å². The lowest BCUT2D eigenvalue weighted by Gasteiger charge is -2.24. The minimum absolute atomic E-state index is 0.0113. The van der Waals surface area contributed by atoms with Crippen molar-refractivity contribution in [3.05, 3.63) is 59.4 Å². The van der Waals surface area contributed by atoms with Crippen molar-refractivity contribution < 1.29 is 23.8 Å². The number of methoxy groups -OCH3 is 1. The maximum atomic E-state index is 13.6. The molecule has 3 rings (SSSR count). The molecule has 0 aromatic heterocycles. The van der Waals surface area contributed by atoms with Gasteiger partial charge in [-0.05, 0) is 49.1 Å². The van der Waals surface area contributed by atoms with Gasteiger partial charge in [0.2, 0.25) is 0 Å². The van der Waals surface area contributed by atoms with Gasteiger partial charge in [-0.3, -0.25) is 4.79 Å². The number of anilines is 1. The quantitative estimate of drug-likeness (QED) is 0.870. The fraction of sp³-hybridized carbons (Fsp3) is 0.263. The molecule has 0 saturated heterocycles. The van der Waals surface area contributed by atoms with Crippen LogP contribution in [-0.4, -0.2) is 30.6 Å². The zero-order valence-corrected chi connectivity index (χ0v) is 13.7. The van der Waals surface area contributed by atoms with Gasteiger partial charge < -0.3 is 14.7 Å². The molecule has 6 heteroatoms. The van der Waals surface area contributed by atoms with Crippen LogP contribution in [-0.2, 0) is 0 Å². The second-order valence-corrected chi connectivity index (χ2v) is 6.03. The Balaban J connectivity index is 2.03. The number of benzene rings is 2. The number of carbonyl (C=O) groups is 2. The fourth-order valence-electron chi connectivity index (χ4n) is 2.75. The number of nitrogens with zero attached hydrogens (tertiary/aromatic N) is 1. The number of para-hydroxylation sites is 1. The van der Waals surface area contributed by atoms with Crippen molar-refractivity contribution >= 4 is 17.6 Å². The third-order valence-corrected chi connectivity index (χ3v) is 4.18. The van der Waals surface area contributed by atoms with Gasteiger partial charge in [-0.2, -0.15) is 0 Å². The van der Waals surface area contributed by atoms with E-state index in [1.54, 1.807) is 12.1 Å². The number of halogens is 1. The molecule has 1 aliphatic rings. The molecule has 1 amide bonds. The number of rotatable bonds is 6. The minimum atomic E-state index is -1.18. The number of amides is 1. The predicted octanol–water partition coefficient (Wildman–Crippen LogP) is 3.59. The molecular formula is C19H18FNO4. The average molecular weight is 343 g/mol. The van der Waals surface area contributed by atoms with Crippen molar-refractivity contribution in [3.8, 4) is 5.75 Å². The van der Waals surface area contributed by atoms with E-state index < -0.39 is 17.7 Å². The molecule has 25 heavy (non-hydrogen) atoms. The van der Waals surface area contributed by atoms with Crippen LogP contribution in [0.25, 0.3) is 0 Å². The van der Waals surface area contributed by atoms with E-state index in [0.29, 0.717) is 18.2 Å². The smallest absolute Gasteiger partial charge is 0.339 e. The lowest BCUT2D eigenvalue weighted by atomic mass is 10.1. The van der Waals surface area contributed by atoms with Gasteiger partial charge in [-0.15, -0.1) is 0 Å². The second kappa shape index (κ2) is 6.93. The first-order valence-electron chi connectivity index (χ1n) is 7.99. The molecule has 1 aliphatic carbocycles. The van der Waals surface area contributed by atoms with Crippen LogP contribution in [0, 0.1) is 11.7 Å². The summed E-state index contributed by atoms with van der Waals surface area (Å²) in [5, 5.41) is 9.30. The SMILES string of the molecule is COc1c(C(=O)O)cccc1C(=O)N(CC1CC1)c1cccc(F)c1. The summed E-state index contributed by atoms with van der Waals surface area (Å²) in [6.07, 6.45) is 2.04. The normalized spacial score (nSPS) is 13.4. The van der Waals surface area contributed by atoms with E-state index in [2.05, 4.69) is 0 Å². The highest BCUT2D eigenvalue weighted by Gasteiger charge is 2.30. The summed E-state index contributed by atoms with van der Waals surface area (Å²) in [5.41, 5.74) is 0.506. The minimum Gasteiger partial charge on any atom is -0.495 e. The van der Waals surface area contributed by atoms with Gasteiger partial charge in [0.05, 0.1) is 12.7 Å². The maximum absolute atomic E-state index is 13.6. The Morgan fingerprint density at radius 1 is 1.20 bits per heavy atom. The lowest BCUT2D eigenvalue weighted by Crippen LogP contribution is -2.33. The van der Waals surface area contributed by atoms with Crippen LogP contribution >= 0.6 is 0 Å². The summed E-state index contributed by atoms with van der Waals surface area (Å²) < 4.78 is 18.8. The van der Waals surface area contributed by atoms with E-state index in [1.165, 1.54) is 42.3 Å². The largest absolute Gasteiger partial charge is 0.495 e. The van der Waals surface area contributed by atoms with Gasteiger partial charge in [0.1, 0.15) is 17.1 Å². The summed E-state index contributed by atoms with van der Waals surface area (Å²) in [6, 6.07) is 10.2. The van der Waals surface area contributed by atoms with Crippen LogP contribution in [0.4, 0.5) is 10.1 Å². The number of aromatic carboxylic acids is 1.